The van der Waals surface area contributed by atoms with E-state index in [1.165, 1.54) is 19.3 Å². The molecule has 2 rings (SSSR count). The van der Waals surface area contributed by atoms with E-state index >= 15 is 0 Å². The minimum atomic E-state index is 0.185. The molecule has 1 heterocycles. The van der Waals surface area contributed by atoms with Gasteiger partial charge in [0.25, 0.3) is 0 Å². The summed E-state index contributed by atoms with van der Waals surface area (Å²) in [7, 11) is 0. The van der Waals surface area contributed by atoms with Gasteiger partial charge in [-0.2, -0.15) is 0 Å². The molecular formula is C11H16N2O. The van der Waals surface area contributed by atoms with Crippen molar-refractivity contribution in [2.24, 2.45) is 5.92 Å². The molecule has 1 aliphatic rings. The topological polar surface area (TPSA) is 44.9 Å². The Bertz CT molecular complexity index is 286. The van der Waals surface area contributed by atoms with Crippen LogP contribution in [0.3, 0.4) is 0 Å². The van der Waals surface area contributed by atoms with Crippen molar-refractivity contribution in [2.75, 3.05) is 5.32 Å². The van der Waals surface area contributed by atoms with Gasteiger partial charge in [0.1, 0.15) is 0 Å². The summed E-state index contributed by atoms with van der Waals surface area (Å²) < 4.78 is 0. The zero-order chi connectivity index (χ0) is 9.80. The average Bonchev–Trinajstić information content (AvgIpc) is 2.72. The Morgan fingerprint density at radius 3 is 2.79 bits per heavy atom. The van der Waals surface area contributed by atoms with Crippen LogP contribution in [0.25, 0.3) is 0 Å². The molecule has 0 radical (unpaired) electrons. The van der Waals surface area contributed by atoms with Crippen LogP contribution in [0.4, 0.5) is 5.69 Å². The molecule has 0 aliphatic heterocycles. The molecule has 1 aromatic rings. The third-order valence-corrected chi connectivity index (χ3v) is 2.84. The Morgan fingerprint density at radius 2 is 2.14 bits per heavy atom. The first-order valence-electron chi connectivity index (χ1n) is 5.30. The average molecular weight is 192 g/mol. The fourth-order valence-corrected chi connectivity index (χ4v) is 2.01. The number of aromatic amines is 1. The summed E-state index contributed by atoms with van der Waals surface area (Å²) in [5, 5.41) is 2.92. The van der Waals surface area contributed by atoms with Crippen LogP contribution in [0.5, 0.6) is 0 Å². The highest BCUT2D eigenvalue weighted by molar-refractivity contribution is 5.92. The Hall–Kier alpha value is -1.25. The van der Waals surface area contributed by atoms with Crippen LogP contribution in [-0.2, 0) is 4.79 Å². The van der Waals surface area contributed by atoms with Gasteiger partial charge in [-0.25, -0.2) is 0 Å². The Morgan fingerprint density at radius 1 is 1.36 bits per heavy atom. The second kappa shape index (κ2) is 4.31. The van der Waals surface area contributed by atoms with Crippen LogP contribution < -0.4 is 5.32 Å². The second-order valence-electron chi connectivity index (χ2n) is 3.92. The summed E-state index contributed by atoms with van der Waals surface area (Å²) in [5.41, 5.74) is 0.876. The minimum Gasteiger partial charge on any atom is -0.366 e. The largest absolute Gasteiger partial charge is 0.366 e. The highest BCUT2D eigenvalue weighted by atomic mass is 16.1. The summed E-state index contributed by atoms with van der Waals surface area (Å²) in [4.78, 5) is 14.7. The Balaban J connectivity index is 1.88. The smallest absolute Gasteiger partial charge is 0.227 e. The lowest BCUT2D eigenvalue weighted by molar-refractivity contribution is -0.120. The van der Waals surface area contributed by atoms with Crippen LogP contribution >= 0.6 is 0 Å². The monoisotopic (exact) mass is 192 g/mol. The number of carbonyl (C=O) groups is 1. The maximum Gasteiger partial charge on any atom is 0.227 e. The van der Waals surface area contributed by atoms with Gasteiger partial charge in [0, 0.05) is 18.3 Å². The highest BCUT2D eigenvalue weighted by Gasteiger charge is 2.20. The standard InChI is InChI=1S/C11H16N2O/c14-11(9-4-2-1-3-5-9)13-10-6-7-12-8-10/h6-9,12H,1-5H2,(H,13,14). The van der Waals surface area contributed by atoms with Crippen LogP contribution in [0.2, 0.25) is 0 Å². The Labute approximate surface area is 83.9 Å². The van der Waals surface area contributed by atoms with Gasteiger partial charge in [-0.1, -0.05) is 19.3 Å². The van der Waals surface area contributed by atoms with Crippen LogP contribution in [0.15, 0.2) is 18.5 Å². The SMILES string of the molecule is O=C(Nc1cc[nH]c1)C1CCCCC1. The number of H-pyrrole nitrogens is 1. The molecule has 0 bridgehead atoms. The van der Waals surface area contributed by atoms with Gasteiger partial charge in [-0.05, 0) is 18.9 Å². The van der Waals surface area contributed by atoms with Crippen molar-refractivity contribution in [2.45, 2.75) is 32.1 Å². The molecule has 0 spiro atoms. The van der Waals surface area contributed by atoms with E-state index < -0.39 is 0 Å². The molecule has 0 unspecified atom stereocenters. The van der Waals surface area contributed by atoms with Gasteiger partial charge >= 0.3 is 0 Å². The molecule has 1 amide bonds. The van der Waals surface area contributed by atoms with Crippen LogP contribution in [0, 0.1) is 5.92 Å². The fourth-order valence-electron chi connectivity index (χ4n) is 2.01. The van der Waals surface area contributed by atoms with Crippen molar-refractivity contribution in [3.05, 3.63) is 18.5 Å². The lowest BCUT2D eigenvalue weighted by Gasteiger charge is -2.20. The number of anilines is 1. The highest BCUT2D eigenvalue weighted by Crippen LogP contribution is 2.24. The molecule has 14 heavy (non-hydrogen) atoms. The number of hydrogen-bond donors (Lipinski definition) is 2. The number of amides is 1. The van der Waals surface area contributed by atoms with Crippen molar-refractivity contribution in [1.29, 1.82) is 0 Å². The molecule has 2 N–H and O–H groups in total. The first-order valence-corrected chi connectivity index (χ1v) is 5.30. The third-order valence-electron chi connectivity index (χ3n) is 2.84. The van der Waals surface area contributed by atoms with Crippen molar-refractivity contribution in [3.8, 4) is 0 Å². The van der Waals surface area contributed by atoms with Crippen LogP contribution in [0.1, 0.15) is 32.1 Å². The molecular weight excluding hydrogens is 176 g/mol. The summed E-state index contributed by atoms with van der Waals surface area (Å²) in [6.07, 6.45) is 9.41. The number of carbonyl (C=O) groups excluding carboxylic acids is 1. The fraction of sp³-hybridized carbons (Fsp3) is 0.545. The van der Waals surface area contributed by atoms with Crippen LogP contribution in [-0.4, -0.2) is 10.9 Å². The summed E-state index contributed by atoms with van der Waals surface area (Å²) >= 11 is 0. The normalized spacial score (nSPS) is 18.0. The molecule has 3 heteroatoms. The molecule has 76 valence electrons. The predicted molar refractivity (Wildman–Crippen MR) is 56.0 cm³/mol. The molecule has 1 fully saturated rings. The molecule has 3 nitrogen and oxygen atoms in total. The van der Waals surface area contributed by atoms with E-state index in [4.69, 9.17) is 0 Å². The molecule has 0 aromatic carbocycles. The third kappa shape index (κ3) is 2.16. The predicted octanol–water partition coefficient (Wildman–Crippen LogP) is 2.53. The summed E-state index contributed by atoms with van der Waals surface area (Å²) in [6, 6.07) is 1.88. The lowest BCUT2D eigenvalue weighted by atomic mass is 9.89. The van der Waals surface area contributed by atoms with Crippen molar-refractivity contribution in [3.63, 3.8) is 0 Å². The number of rotatable bonds is 2. The van der Waals surface area contributed by atoms with Gasteiger partial charge in [-0.3, -0.25) is 4.79 Å². The molecule has 1 saturated carbocycles. The first-order chi connectivity index (χ1) is 6.86. The van der Waals surface area contributed by atoms with E-state index in [-0.39, 0.29) is 11.8 Å². The summed E-state index contributed by atoms with van der Waals surface area (Å²) in [5.74, 6) is 0.419. The maximum absolute atomic E-state index is 11.7. The van der Waals surface area contributed by atoms with Gasteiger partial charge in [0.2, 0.25) is 5.91 Å². The van der Waals surface area contributed by atoms with E-state index in [1.807, 2.05) is 12.3 Å². The Kier molecular flexibility index (Phi) is 2.87. The lowest BCUT2D eigenvalue weighted by Crippen LogP contribution is -2.24. The van der Waals surface area contributed by atoms with E-state index in [0.29, 0.717) is 0 Å². The van der Waals surface area contributed by atoms with Crippen molar-refractivity contribution < 1.29 is 4.79 Å². The second-order valence-corrected chi connectivity index (χ2v) is 3.92. The zero-order valence-corrected chi connectivity index (χ0v) is 8.25. The first kappa shape index (κ1) is 9.31. The molecule has 1 aromatic heterocycles. The quantitative estimate of drug-likeness (QED) is 0.743. The van der Waals surface area contributed by atoms with Gasteiger partial charge in [-0.15, -0.1) is 0 Å². The van der Waals surface area contributed by atoms with Gasteiger partial charge in [0.15, 0.2) is 0 Å². The van der Waals surface area contributed by atoms with Crippen molar-refractivity contribution >= 4 is 11.6 Å². The number of hydrogen-bond acceptors (Lipinski definition) is 1. The molecule has 0 saturated heterocycles. The van der Waals surface area contributed by atoms with E-state index in [2.05, 4.69) is 10.3 Å². The summed E-state index contributed by atoms with van der Waals surface area (Å²) in [6.45, 7) is 0. The van der Waals surface area contributed by atoms with Gasteiger partial charge in [0.05, 0.1) is 5.69 Å². The van der Waals surface area contributed by atoms with Gasteiger partial charge < -0.3 is 10.3 Å². The number of nitrogens with one attached hydrogen (secondary N) is 2. The number of aromatic nitrogens is 1. The van der Waals surface area contributed by atoms with Crippen molar-refractivity contribution in [1.82, 2.24) is 4.98 Å². The van der Waals surface area contributed by atoms with E-state index in [9.17, 15) is 4.79 Å². The zero-order valence-electron chi connectivity index (χ0n) is 8.25. The minimum absolute atomic E-state index is 0.185. The molecule has 0 atom stereocenters. The van der Waals surface area contributed by atoms with E-state index in [1.54, 1.807) is 6.20 Å². The maximum atomic E-state index is 11.7. The molecule has 1 aliphatic carbocycles. The van der Waals surface area contributed by atoms with E-state index in [0.717, 1.165) is 18.5 Å².